The Hall–Kier alpha value is -2.99. The van der Waals surface area contributed by atoms with Gasteiger partial charge in [-0.15, -0.1) is 0 Å². The number of carbonyl (C=O) groups is 1. The molecule has 2 aromatic rings. The molecular weight excluding hydrogens is 403 g/mol. The van der Waals surface area contributed by atoms with Gasteiger partial charge in [0.1, 0.15) is 0 Å². The number of nitrogens with one attached hydrogen (secondary N) is 1. The lowest BCUT2D eigenvalue weighted by molar-refractivity contribution is -0.385. The maximum Gasteiger partial charge on any atom is 0.416 e. The van der Waals surface area contributed by atoms with Gasteiger partial charge in [-0.3, -0.25) is 14.9 Å². The van der Waals surface area contributed by atoms with E-state index >= 15 is 0 Å². The molecule has 2 rings (SSSR count). The van der Waals surface area contributed by atoms with Crippen LogP contribution in [0.3, 0.4) is 0 Å². The van der Waals surface area contributed by atoms with Crippen LogP contribution >= 0.6 is 0 Å². The summed E-state index contributed by atoms with van der Waals surface area (Å²) in [7, 11) is -3.16. The SMILES string of the molecule is CN(CC(=O)Nc1cccc(C(F)(F)F)c1)S(=O)(=O)c1cccc([N+](=O)[O-])c1. The van der Waals surface area contributed by atoms with E-state index in [0.29, 0.717) is 10.4 Å². The predicted octanol–water partition coefficient (Wildman–Crippen LogP) is 2.87. The minimum atomic E-state index is -4.59. The molecule has 0 aromatic heterocycles. The molecule has 1 amide bonds. The number of carbonyl (C=O) groups excluding carboxylic acids is 1. The Kier molecular flexibility index (Phi) is 6.04. The number of hydrogen-bond acceptors (Lipinski definition) is 5. The molecule has 0 aliphatic rings. The van der Waals surface area contributed by atoms with Crippen molar-refractivity contribution >= 4 is 27.3 Å². The van der Waals surface area contributed by atoms with Crippen LogP contribution in [0.1, 0.15) is 5.56 Å². The summed E-state index contributed by atoms with van der Waals surface area (Å²) in [4.78, 5) is 21.7. The van der Waals surface area contributed by atoms with Crippen LogP contribution in [0.5, 0.6) is 0 Å². The first-order chi connectivity index (χ1) is 12.9. The van der Waals surface area contributed by atoms with E-state index in [-0.39, 0.29) is 5.69 Å². The fourth-order valence-electron chi connectivity index (χ4n) is 2.20. The molecule has 0 bridgehead atoms. The second-order valence-corrected chi connectivity index (χ2v) is 7.69. The number of halogens is 3. The maximum atomic E-state index is 12.7. The Labute approximate surface area is 157 Å². The van der Waals surface area contributed by atoms with Gasteiger partial charge in [-0.1, -0.05) is 12.1 Å². The van der Waals surface area contributed by atoms with Gasteiger partial charge < -0.3 is 5.32 Å². The van der Waals surface area contributed by atoms with E-state index < -0.39 is 49.7 Å². The zero-order valence-electron chi connectivity index (χ0n) is 14.3. The summed E-state index contributed by atoms with van der Waals surface area (Å²) in [5.41, 5.74) is -1.56. The number of hydrogen-bond donors (Lipinski definition) is 1. The van der Waals surface area contributed by atoms with E-state index in [4.69, 9.17) is 0 Å². The van der Waals surface area contributed by atoms with Crippen molar-refractivity contribution in [1.82, 2.24) is 4.31 Å². The molecule has 1 N–H and O–H groups in total. The topological polar surface area (TPSA) is 110 Å². The van der Waals surface area contributed by atoms with Crippen molar-refractivity contribution in [2.24, 2.45) is 0 Å². The van der Waals surface area contributed by atoms with Gasteiger partial charge in [-0.05, 0) is 24.3 Å². The Morgan fingerprint density at radius 2 is 1.82 bits per heavy atom. The molecular formula is C16H14F3N3O5S. The van der Waals surface area contributed by atoms with Gasteiger partial charge >= 0.3 is 6.18 Å². The molecule has 0 saturated heterocycles. The van der Waals surface area contributed by atoms with Crippen LogP contribution in [-0.2, 0) is 21.0 Å². The van der Waals surface area contributed by atoms with Gasteiger partial charge in [0.2, 0.25) is 15.9 Å². The number of nitrogens with zero attached hydrogens (tertiary/aromatic N) is 2. The van der Waals surface area contributed by atoms with Crippen LogP contribution in [0.15, 0.2) is 53.4 Å². The molecule has 12 heteroatoms. The number of nitro benzene ring substituents is 1. The molecule has 0 aliphatic carbocycles. The highest BCUT2D eigenvalue weighted by molar-refractivity contribution is 7.89. The van der Waals surface area contributed by atoms with E-state index in [0.717, 1.165) is 37.4 Å². The molecule has 8 nitrogen and oxygen atoms in total. The Morgan fingerprint density at radius 3 is 2.43 bits per heavy atom. The van der Waals surface area contributed by atoms with Gasteiger partial charge in [-0.2, -0.15) is 17.5 Å². The number of sulfonamides is 1. The third-order valence-corrected chi connectivity index (χ3v) is 5.38. The van der Waals surface area contributed by atoms with Crippen molar-refractivity contribution in [1.29, 1.82) is 0 Å². The first-order valence-electron chi connectivity index (χ1n) is 7.59. The molecule has 0 fully saturated rings. The fraction of sp³-hybridized carbons (Fsp3) is 0.188. The molecule has 0 unspecified atom stereocenters. The predicted molar refractivity (Wildman–Crippen MR) is 93.0 cm³/mol. The van der Waals surface area contributed by atoms with Crippen molar-refractivity contribution < 1.29 is 31.3 Å². The number of non-ortho nitro benzene ring substituents is 1. The fourth-order valence-corrected chi connectivity index (χ4v) is 3.37. The second kappa shape index (κ2) is 7.94. The van der Waals surface area contributed by atoms with Crippen molar-refractivity contribution in [3.8, 4) is 0 Å². The quantitative estimate of drug-likeness (QED) is 0.574. The first kappa shape index (κ1) is 21.3. The van der Waals surface area contributed by atoms with Gasteiger partial charge in [-0.25, -0.2) is 8.42 Å². The van der Waals surface area contributed by atoms with Crippen LogP contribution in [0.2, 0.25) is 0 Å². The summed E-state index contributed by atoms with van der Waals surface area (Å²) in [5, 5.41) is 13.0. The zero-order valence-corrected chi connectivity index (χ0v) is 15.1. The zero-order chi connectivity index (χ0) is 21.1. The van der Waals surface area contributed by atoms with Crippen molar-refractivity contribution in [3.05, 3.63) is 64.2 Å². The van der Waals surface area contributed by atoms with Crippen molar-refractivity contribution in [2.45, 2.75) is 11.1 Å². The number of rotatable bonds is 6. The van der Waals surface area contributed by atoms with Gasteiger partial charge in [0.25, 0.3) is 5.69 Å². The van der Waals surface area contributed by atoms with E-state index in [9.17, 15) is 36.5 Å². The monoisotopic (exact) mass is 417 g/mol. The maximum absolute atomic E-state index is 12.7. The largest absolute Gasteiger partial charge is 0.416 e. The molecule has 0 aliphatic heterocycles. The number of alkyl halides is 3. The highest BCUT2D eigenvalue weighted by Gasteiger charge is 2.30. The lowest BCUT2D eigenvalue weighted by Gasteiger charge is -2.17. The highest BCUT2D eigenvalue weighted by Crippen LogP contribution is 2.30. The third-order valence-electron chi connectivity index (χ3n) is 3.58. The number of amides is 1. The molecule has 0 radical (unpaired) electrons. The summed E-state index contributed by atoms with van der Waals surface area (Å²) >= 11 is 0. The smallest absolute Gasteiger partial charge is 0.325 e. The number of likely N-dealkylation sites (N-methyl/N-ethyl adjacent to an activating group) is 1. The van der Waals surface area contributed by atoms with Crippen LogP contribution in [-0.4, -0.2) is 37.1 Å². The van der Waals surface area contributed by atoms with E-state index in [1.54, 1.807) is 0 Å². The number of anilines is 1. The highest BCUT2D eigenvalue weighted by atomic mass is 32.2. The summed E-state index contributed by atoms with van der Waals surface area (Å²) in [6.07, 6.45) is -4.59. The Morgan fingerprint density at radius 1 is 1.18 bits per heavy atom. The second-order valence-electron chi connectivity index (χ2n) is 5.64. The van der Waals surface area contributed by atoms with Gasteiger partial charge in [0.15, 0.2) is 0 Å². The van der Waals surface area contributed by atoms with Crippen molar-refractivity contribution in [2.75, 3.05) is 18.9 Å². The number of nitro groups is 1. The first-order valence-corrected chi connectivity index (χ1v) is 9.03. The Bertz CT molecular complexity index is 1010. The van der Waals surface area contributed by atoms with E-state index in [2.05, 4.69) is 5.32 Å². The standard InChI is InChI=1S/C16H14F3N3O5S/c1-21(28(26,27)14-7-3-6-13(9-14)22(24)25)10-15(23)20-12-5-2-4-11(8-12)16(17,18)19/h2-9H,10H2,1H3,(H,20,23). The molecule has 0 saturated carbocycles. The van der Waals surface area contributed by atoms with E-state index in [1.165, 1.54) is 12.1 Å². The lowest BCUT2D eigenvalue weighted by atomic mass is 10.2. The van der Waals surface area contributed by atoms with Gasteiger partial charge in [0, 0.05) is 24.9 Å². The Balaban J connectivity index is 2.13. The van der Waals surface area contributed by atoms with Crippen LogP contribution in [0, 0.1) is 10.1 Å². The van der Waals surface area contributed by atoms with Crippen LogP contribution in [0.4, 0.5) is 24.5 Å². The lowest BCUT2D eigenvalue weighted by Crippen LogP contribution is -2.35. The minimum Gasteiger partial charge on any atom is -0.325 e. The van der Waals surface area contributed by atoms with Gasteiger partial charge in [0.05, 0.1) is 21.9 Å². The van der Waals surface area contributed by atoms with Crippen LogP contribution in [0.25, 0.3) is 0 Å². The van der Waals surface area contributed by atoms with Crippen LogP contribution < -0.4 is 5.32 Å². The average molecular weight is 417 g/mol. The molecule has 150 valence electrons. The molecule has 0 heterocycles. The normalized spacial score (nSPS) is 12.0. The summed E-state index contributed by atoms with van der Waals surface area (Å²) in [6, 6.07) is 8.13. The molecule has 28 heavy (non-hydrogen) atoms. The minimum absolute atomic E-state index is 0.152. The average Bonchev–Trinajstić information content (AvgIpc) is 2.61. The molecule has 0 atom stereocenters. The summed E-state index contributed by atoms with van der Waals surface area (Å²) < 4.78 is 63.6. The van der Waals surface area contributed by atoms with Crippen molar-refractivity contribution in [3.63, 3.8) is 0 Å². The summed E-state index contributed by atoms with van der Waals surface area (Å²) in [6.45, 7) is -0.707. The van der Waals surface area contributed by atoms with E-state index in [1.807, 2.05) is 0 Å². The third kappa shape index (κ3) is 5.04. The molecule has 2 aromatic carbocycles. The summed E-state index contributed by atoms with van der Waals surface area (Å²) in [5.74, 6) is -0.879. The number of benzene rings is 2. The molecule has 0 spiro atoms.